The summed E-state index contributed by atoms with van der Waals surface area (Å²) in [6.45, 7) is 2.44. The van der Waals surface area contributed by atoms with Crippen LogP contribution in [0, 0.1) is 17.3 Å². The Bertz CT molecular complexity index is 371. The Morgan fingerprint density at radius 2 is 2.06 bits per heavy atom. The zero-order chi connectivity index (χ0) is 12.6. The molecule has 0 saturated carbocycles. The summed E-state index contributed by atoms with van der Waals surface area (Å²) in [7, 11) is 0. The molecule has 1 fully saturated rings. The van der Waals surface area contributed by atoms with Gasteiger partial charge in [0, 0.05) is 0 Å². The average Bonchev–Trinajstić information content (AvgIpc) is 3.00. The highest BCUT2D eigenvalue weighted by molar-refractivity contribution is 5.85. The van der Waals surface area contributed by atoms with Gasteiger partial charge in [0.15, 0.2) is 0 Å². The Balaban J connectivity index is 2.34. The molecule has 0 aromatic heterocycles. The van der Waals surface area contributed by atoms with E-state index in [1.54, 1.807) is 6.08 Å². The van der Waals surface area contributed by atoms with Gasteiger partial charge >= 0.3 is 11.9 Å². The van der Waals surface area contributed by atoms with Crippen LogP contribution in [0.3, 0.4) is 0 Å². The molecule has 17 heavy (non-hydrogen) atoms. The molecule has 94 valence electrons. The number of allylic oxidation sites excluding steroid dienone is 1. The Morgan fingerprint density at radius 3 is 2.53 bits per heavy atom. The first-order valence-corrected chi connectivity index (χ1v) is 5.72. The fourth-order valence-corrected chi connectivity index (χ4v) is 2.68. The minimum atomic E-state index is -1.22. The van der Waals surface area contributed by atoms with Gasteiger partial charge in [0.2, 0.25) is 0 Å². The van der Waals surface area contributed by atoms with E-state index in [4.69, 9.17) is 4.74 Å². The van der Waals surface area contributed by atoms with Crippen molar-refractivity contribution in [2.45, 2.75) is 25.9 Å². The van der Waals surface area contributed by atoms with Gasteiger partial charge in [-0.3, -0.25) is 9.59 Å². The molecule has 1 aliphatic carbocycles. The molecular formula is C12H16O5. The zero-order valence-electron chi connectivity index (χ0n) is 9.63. The third-order valence-corrected chi connectivity index (χ3v) is 3.60. The molecular weight excluding hydrogens is 224 g/mol. The van der Waals surface area contributed by atoms with Crippen LogP contribution in [-0.4, -0.2) is 34.9 Å². The van der Waals surface area contributed by atoms with Crippen molar-refractivity contribution in [3.63, 3.8) is 0 Å². The normalized spacial score (nSPS) is 39.9. The van der Waals surface area contributed by atoms with Crippen LogP contribution in [0.5, 0.6) is 0 Å². The first kappa shape index (κ1) is 12.1. The van der Waals surface area contributed by atoms with E-state index in [1.807, 2.05) is 6.92 Å². The maximum absolute atomic E-state index is 11.5. The topological polar surface area (TPSA) is 87.1 Å². The number of rotatable bonds is 4. The molecule has 2 rings (SSSR count). The number of aliphatic carboxylic acids is 2. The quantitative estimate of drug-likeness (QED) is 0.568. The molecule has 1 heterocycles. The predicted molar refractivity (Wildman–Crippen MR) is 58.5 cm³/mol. The molecule has 0 spiro atoms. The van der Waals surface area contributed by atoms with Gasteiger partial charge in [-0.05, 0) is 18.8 Å². The summed E-state index contributed by atoms with van der Waals surface area (Å²) in [6, 6.07) is 0. The van der Waals surface area contributed by atoms with Gasteiger partial charge in [-0.25, -0.2) is 0 Å². The van der Waals surface area contributed by atoms with Gasteiger partial charge < -0.3 is 14.9 Å². The highest BCUT2D eigenvalue weighted by Gasteiger charge is 2.53. The third-order valence-electron chi connectivity index (χ3n) is 3.60. The van der Waals surface area contributed by atoms with Crippen LogP contribution in [0.4, 0.5) is 0 Å². The van der Waals surface area contributed by atoms with Crippen molar-refractivity contribution in [3.05, 3.63) is 12.2 Å². The maximum Gasteiger partial charge on any atom is 0.311 e. The van der Waals surface area contributed by atoms with Gasteiger partial charge in [-0.1, -0.05) is 19.1 Å². The number of carboxylic acids is 2. The number of carbonyl (C=O) groups is 2. The van der Waals surface area contributed by atoms with E-state index in [-0.39, 0.29) is 18.4 Å². The van der Waals surface area contributed by atoms with Crippen LogP contribution in [0.2, 0.25) is 0 Å². The molecule has 0 amide bonds. The number of hydrogen-bond donors (Lipinski definition) is 2. The van der Waals surface area contributed by atoms with Crippen molar-refractivity contribution in [3.8, 4) is 0 Å². The Kier molecular flexibility index (Phi) is 2.95. The third kappa shape index (κ3) is 2.20. The van der Waals surface area contributed by atoms with Crippen molar-refractivity contribution in [1.82, 2.24) is 0 Å². The smallest absolute Gasteiger partial charge is 0.311 e. The van der Waals surface area contributed by atoms with E-state index in [9.17, 15) is 19.8 Å². The summed E-state index contributed by atoms with van der Waals surface area (Å²) in [6.07, 6.45) is 3.86. The molecule has 4 atom stereocenters. The van der Waals surface area contributed by atoms with Crippen molar-refractivity contribution < 1.29 is 24.5 Å². The van der Waals surface area contributed by atoms with Gasteiger partial charge in [0.25, 0.3) is 0 Å². The van der Waals surface area contributed by atoms with Crippen LogP contribution in [0.15, 0.2) is 12.2 Å². The minimum absolute atomic E-state index is 0.0837. The lowest BCUT2D eigenvalue weighted by Gasteiger charge is -2.37. The van der Waals surface area contributed by atoms with E-state index in [0.717, 1.165) is 0 Å². The summed E-state index contributed by atoms with van der Waals surface area (Å²) >= 11 is 0. The van der Waals surface area contributed by atoms with Crippen LogP contribution in [-0.2, 0) is 14.3 Å². The molecule has 0 aromatic rings. The fourth-order valence-electron chi connectivity index (χ4n) is 2.68. The van der Waals surface area contributed by atoms with Crippen molar-refractivity contribution in [1.29, 1.82) is 0 Å². The fraction of sp³-hybridized carbons (Fsp3) is 0.667. The Hall–Kier alpha value is -1.36. The summed E-state index contributed by atoms with van der Waals surface area (Å²) < 4.78 is 5.07. The number of hydrogen-bond acceptors (Lipinski definition) is 3. The molecule has 2 N–H and O–H groups in total. The second-order valence-corrected chi connectivity index (χ2v) is 5.00. The second-order valence-electron chi connectivity index (χ2n) is 5.00. The van der Waals surface area contributed by atoms with Gasteiger partial charge in [-0.15, -0.1) is 0 Å². The number of ether oxygens (including phenoxy) is 1. The standard InChI is InChI=1S/C12H16O5/c1-7-2-3-9(10(13)14)12(4-7,11(15)16)5-8-6-17-8/h2-3,7-9H,4-6H2,1H3,(H,13,14)(H,15,16). The second kappa shape index (κ2) is 4.14. The highest BCUT2D eigenvalue weighted by atomic mass is 16.6. The molecule has 0 bridgehead atoms. The molecule has 1 saturated heterocycles. The molecule has 0 aromatic carbocycles. The summed E-state index contributed by atoms with van der Waals surface area (Å²) in [4.78, 5) is 22.8. The molecule has 2 aliphatic rings. The SMILES string of the molecule is CC1C=CC(C(=O)O)C(CC2CO2)(C(=O)O)C1. The molecule has 5 heteroatoms. The van der Waals surface area contributed by atoms with E-state index in [1.165, 1.54) is 6.08 Å². The van der Waals surface area contributed by atoms with Crippen LogP contribution < -0.4 is 0 Å². The van der Waals surface area contributed by atoms with Crippen LogP contribution in [0.25, 0.3) is 0 Å². The first-order chi connectivity index (χ1) is 7.95. The van der Waals surface area contributed by atoms with Crippen molar-refractivity contribution in [2.24, 2.45) is 17.3 Å². The minimum Gasteiger partial charge on any atom is -0.481 e. The summed E-state index contributed by atoms with van der Waals surface area (Å²) in [5.41, 5.74) is -1.22. The Labute approximate surface area is 99.1 Å². The first-order valence-electron chi connectivity index (χ1n) is 5.72. The maximum atomic E-state index is 11.5. The summed E-state index contributed by atoms with van der Waals surface area (Å²) in [5.74, 6) is -2.98. The molecule has 1 aliphatic heterocycles. The molecule has 0 radical (unpaired) electrons. The lowest BCUT2D eigenvalue weighted by Crippen LogP contribution is -2.45. The van der Waals surface area contributed by atoms with Gasteiger partial charge in [-0.2, -0.15) is 0 Å². The zero-order valence-corrected chi connectivity index (χ0v) is 9.63. The number of carboxylic acid groups (broad SMARTS) is 2. The lowest BCUT2D eigenvalue weighted by atomic mass is 9.64. The van der Waals surface area contributed by atoms with E-state index < -0.39 is 23.3 Å². The van der Waals surface area contributed by atoms with E-state index in [0.29, 0.717) is 13.0 Å². The molecule has 5 nitrogen and oxygen atoms in total. The van der Waals surface area contributed by atoms with E-state index in [2.05, 4.69) is 0 Å². The highest BCUT2D eigenvalue weighted by Crippen LogP contribution is 2.46. The van der Waals surface area contributed by atoms with Crippen molar-refractivity contribution >= 4 is 11.9 Å². The van der Waals surface area contributed by atoms with Crippen molar-refractivity contribution in [2.75, 3.05) is 6.61 Å². The summed E-state index contributed by atoms with van der Waals surface area (Å²) in [5, 5.41) is 18.6. The average molecular weight is 240 g/mol. The van der Waals surface area contributed by atoms with Crippen LogP contribution in [0.1, 0.15) is 19.8 Å². The predicted octanol–water partition coefficient (Wildman–Crippen LogP) is 1.14. The number of epoxide rings is 1. The lowest BCUT2D eigenvalue weighted by molar-refractivity contribution is -0.163. The Morgan fingerprint density at radius 1 is 1.41 bits per heavy atom. The van der Waals surface area contributed by atoms with Crippen LogP contribution >= 0.6 is 0 Å². The van der Waals surface area contributed by atoms with E-state index >= 15 is 0 Å². The van der Waals surface area contributed by atoms with Gasteiger partial charge in [0.05, 0.1) is 24.0 Å². The largest absolute Gasteiger partial charge is 0.481 e. The monoisotopic (exact) mass is 240 g/mol. The molecule has 4 unspecified atom stereocenters. The van der Waals surface area contributed by atoms with Gasteiger partial charge in [0.1, 0.15) is 0 Å².